The lowest BCUT2D eigenvalue weighted by Gasteiger charge is -2.21. The first-order valence-corrected chi connectivity index (χ1v) is 7.91. The normalized spacial score (nSPS) is 10.0. The summed E-state index contributed by atoms with van der Waals surface area (Å²) in [7, 11) is 0. The highest BCUT2D eigenvalue weighted by Gasteiger charge is 2.11. The van der Waals surface area contributed by atoms with Gasteiger partial charge in [-0.1, -0.05) is 19.1 Å². The fraction of sp³-hybridized carbons (Fsp3) is 0.444. The van der Waals surface area contributed by atoms with Crippen molar-refractivity contribution in [1.29, 1.82) is 0 Å². The van der Waals surface area contributed by atoms with Gasteiger partial charge in [0.05, 0.1) is 18.7 Å². The second-order valence-corrected chi connectivity index (χ2v) is 5.43. The Kier molecular flexibility index (Phi) is 7.88. The summed E-state index contributed by atoms with van der Waals surface area (Å²) < 4.78 is 5.07. The Morgan fingerprint density at radius 3 is 2.39 bits per heavy atom. The smallest absolute Gasteiger partial charge is 0.338 e. The van der Waals surface area contributed by atoms with Crippen LogP contribution in [0.4, 0.5) is 5.69 Å². The second kappa shape index (κ2) is 9.66. The van der Waals surface area contributed by atoms with Crippen LogP contribution >= 0.6 is 0 Å². The van der Waals surface area contributed by atoms with E-state index in [1.54, 1.807) is 29.2 Å². The zero-order valence-electron chi connectivity index (χ0n) is 14.2. The van der Waals surface area contributed by atoms with Crippen LogP contribution in [0.3, 0.4) is 0 Å². The van der Waals surface area contributed by atoms with Crippen molar-refractivity contribution >= 4 is 17.6 Å². The lowest BCUT2D eigenvalue weighted by molar-refractivity contribution is -0.128. The molecular weight excluding hydrogens is 292 g/mol. The Labute approximate surface area is 138 Å². The first-order valence-electron chi connectivity index (χ1n) is 7.91. The molecule has 1 N–H and O–H groups in total. The Morgan fingerprint density at radius 1 is 1.22 bits per heavy atom. The number of benzene rings is 1. The number of hydrogen-bond acceptors (Lipinski definition) is 4. The van der Waals surface area contributed by atoms with E-state index < -0.39 is 0 Å². The van der Waals surface area contributed by atoms with Crippen molar-refractivity contribution in [2.24, 2.45) is 0 Å². The summed E-state index contributed by atoms with van der Waals surface area (Å²) in [6.45, 7) is 11.5. The summed E-state index contributed by atoms with van der Waals surface area (Å²) >= 11 is 0. The Hall–Kier alpha value is -2.30. The van der Waals surface area contributed by atoms with Gasteiger partial charge in [0, 0.05) is 18.8 Å². The Balaban J connectivity index is 2.53. The fourth-order valence-corrected chi connectivity index (χ4v) is 1.99. The number of likely N-dealkylation sites (N-methyl/N-ethyl adjacent to an activating group) is 1. The number of rotatable bonds is 9. The Morgan fingerprint density at radius 2 is 1.87 bits per heavy atom. The molecule has 1 amide bonds. The molecule has 0 atom stereocenters. The summed E-state index contributed by atoms with van der Waals surface area (Å²) in [4.78, 5) is 25.6. The molecule has 0 spiro atoms. The second-order valence-electron chi connectivity index (χ2n) is 5.43. The molecule has 1 rings (SSSR count). The predicted octanol–water partition coefficient (Wildman–Crippen LogP) is 3.09. The van der Waals surface area contributed by atoms with Gasteiger partial charge in [-0.05, 0) is 44.5 Å². The summed E-state index contributed by atoms with van der Waals surface area (Å²) in [5.41, 5.74) is 2.25. The maximum absolute atomic E-state index is 12.1. The van der Waals surface area contributed by atoms with Gasteiger partial charge in [0.2, 0.25) is 5.91 Å². The van der Waals surface area contributed by atoms with E-state index in [0.29, 0.717) is 25.3 Å². The molecule has 0 heterocycles. The van der Waals surface area contributed by atoms with Crippen LogP contribution in [0.2, 0.25) is 0 Å². The highest BCUT2D eigenvalue weighted by Crippen LogP contribution is 2.11. The van der Waals surface area contributed by atoms with Gasteiger partial charge in [-0.2, -0.15) is 0 Å². The van der Waals surface area contributed by atoms with Gasteiger partial charge in [-0.25, -0.2) is 4.79 Å². The fourth-order valence-electron chi connectivity index (χ4n) is 1.99. The number of carbonyl (C=O) groups excluding carboxylic acids is 2. The van der Waals surface area contributed by atoms with Gasteiger partial charge in [-0.3, -0.25) is 4.79 Å². The molecule has 0 unspecified atom stereocenters. The zero-order valence-corrected chi connectivity index (χ0v) is 14.2. The quantitative estimate of drug-likeness (QED) is 0.561. The molecule has 126 valence electrons. The summed E-state index contributed by atoms with van der Waals surface area (Å²) in [5, 5.41) is 3.07. The van der Waals surface area contributed by atoms with Crippen molar-refractivity contribution in [1.82, 2.24) is 4.90 Å². The SMILES string of the molecule is C=C(C)CN(CC)C(=O)CNc1ccc(C(=O)OCCC)cc1. The van der Waals surface area contributed by atoms with Crippen molar-refractivity contribution in [2.75, 3.05) is 31.6 Å². The van der Waals surface area contributed by atoms with Gasteiger partial charge in [0.15, 0.2) is 0 Å². The number of esters is 1. The maximum Gasteiger partial charge on any atom is 0.338 e. The average Bonchev–Trinajstić information content (AvgIpc) is 2.55. The Bertz CT molecular complexity index is 538. The largest absolute Gasteiger partial charge is 0.462 e. The lowest BCUT2D eigenvalue weighted by Crippen LogP contribution is -2.36. The van der Waals surface area contributed by atoms with E-state index in [2.05, 4.69) is 11.9 Å². The van der Waals surface area contributed by atoms with Crippen molar-refractivity contribution in [2.45, 2.75) is 27.2 Å². The number of nitrogens with one attached hydrogen (secondary N) is 1. The van der Waals surface area contributed by atoms with Crippen LogP contribution in [-0.2, 0) is 9.53 Å². The number of nitrogens with zero attached hydrogens (tertiary/aromatic N) is 1. The molecule has 0 fully saturated rings. The molecule has 23 heavy (non-hydrogen) atoms. The minimum atomic E-state index is -0.326. The minimum absolute atomic E-state index is 0.0157. The summed E-state index contributed by atoms with van der Waals surface area (Å²) in [5.74, 6) is -0.310. The highest BCUT2D eigenvalue weighted by atomic mass is 16.5. The van der Waals surface area contributed by atoms with E-state index in [4.69, 9.17) is 4.74 Å². The van der Waals surface area contributed by atoms with E-state index in [1.807, 2.05) is 20.8 Å². The highest BCUT2D eigenvalue weighted by molar-refractivity contribution is 5.90. The summed E-state index contributed by atoms with van der Waals surface area (Å²) in [6, 6.07) is 6.92. The van der Waals surface area contributed by atoms with Crippen LogP contribution in [-0.4, -0.2) is 43.0 Å². The van der Waals surface area contributed by atoms with Crippen molar-refractivity contribution in [3.8, 4) is 0 Å². The minimum Gasteiger partial charge on any atom is -0.462 e. The van der Waals surface area contributed by atoms with Crippen molar-refractivity contribution in [3.05, 3.63) is 42.0 Å². The monoisotopic (exact) mass is 318 g/mol. The van der Waals surface area contributed by atoms with E-state index in [9.17, 15) is 9.59 Å². The molecule has 0 aliphatic rings. The van der Waals surface area contributed by atoms with Crippen LogP contribution in [0.25, 0.3) is 0 Å². The number of anilines is 1. The van der Waals surface area contributed by atoms with E-state index in [0.717, 1.165) is 17.7 Å². The lowest BCUT2D eigenvalue weighted by atomic mass is 10.2. The van der Waals surface area contributed by atoms with Crippen molar-refractivity contribution < 1.29 is 14.3 Å². The molecule has 0 radical (unpaired) electrons. The molecule has 0 bridgehead atoms. The molecule has 5 nitrogen and oxygen atoms in total. The van der Waals surface area contributed by atoms with Gasteiger partial charge in [0.25, 0.3) is 0 Å². The van der Waals surface area contributed by atoms with E-state index >= 15 is 0 Å². The molecule has 0 saturated heterocycles. The topological polar surface area (TPSA) is 58.6 Å². The van der Waals surface area contributed by atoms with E-state index in [-0.39, 0.29) is 18.4 Å². The van der Waals surface area contributed by atoms with Gasteiger partial charge >= 0.3 is 5.97 Å². The number of carbonyl (C=O) groups is 2. The third-order valence-electron chi connectivity index (χ3n) is 3.20. The third-order valence-corrected chi connectivity index (χ3v) is 3.20. The molecular formula is C18H26N2O3. The van der Waals surface area contributed by atoms with Crippen LogP contribution in [0.15, 0.2) is 36.4 Å². The van der Waals surface area contributed by atoms with Crippen LogP contribution in [0.1, 0.15) is 37.6 Å². The van der Waals surface area contributed by atoms with Crippen LogP contribution in [0, 0.1) is 0 Å². The zero-order chi connectivity index (χ0) is 17.2. The number of hydrogen-bond donors (Lipinski definition) is 1. The summed E-state index contributed by atoms with van der Waals surface area (Å²) in [6.07, 6.45) is 0.797. The van der Waals surface area contributed by atoms with Gasteiger partial charge in [-0.15, -0.1) is 0 Å². The first-order chi connectivity index (χ1) is 11.0. The predicted molar refractivity (Wildman–Crippen MR) is 92.6 cm³/mol. The third kappa shape index (κ3) is 6.55. The molecule has 0 aromatic heterocycles. The average molecular weight is 318 g/mol. The van der Waals surface area contributed by atoms with Crippen molar-refractivity contribution in [3.63, 3.8) is 0 Å². The molecule has 0 saturated carbocycles. The standard InChI is InChI=1S/C18H26N2O3/c1-5-11-23-18(22)15-7-9-16(10-8-15)19-12-17(21)20(6-2)13-14(3)4/h7-10,19H,3,5-6,11-13H2,1-2,4H3. The number of ether oxygens (including phenoxy) is 1. The molecule has 0 aliphatic carbocycles. The van der Waals surface area contributed by atoms with Gasteiger partial charge in [0.1, 0.15) is 0 Å². The van der Waals surface area contributed by atoms with Crippen LogP contribution in [0.5, 0.6) is 0 Å². The maximum atomic E-state index is 12.1. The van der Waals surface area contributed by atoms with E-state index in [1.165, 1.54) is 0 Å². The molecule has 5 heteroatoms. The molecule has 1 aromatic rings. The van der Waals surface area contributed by atoms with Gasteiger partial charge < -0.3 is 15.0 Å². The number of amides is 1. The first kappa shape index (κ1) is 18.7. The van der Waals surface area contributed by atoms with Crippen LogP contribution < -0.4 is 5.32 Å². The molecule has 1 aromatic carbocycles. The molecule has 0 aliphatic heterocycles.